The van der Waals surface area contributed by atoms with Gasteiger partial charge in [-0.15, -0.1) is 0 Å². The molecule has 0 amide bonds. The quantitative estimate of drug-likeness (QED) is 0.748. The third kappa shape index (κ3) is 2.41. The molecule has 0 spiro atoms. The molecule has 0 bridgehead atoms. The van der Waals surface area contributed by atoms with Crippen LogP contribution in [0.5, 0.6) is 0 Å². The molecule has 1 fully saturated rings. The van der Waals surface area contributed by atoms with Crippen molar-refractivity contribution in [3.63, 3.8) is 0 Å². The predicted octanol–water partition coefficient (Wildman–Crippen LogP) is 0.961. The van der Waals surface area contributed by atoms with E-state index < -0.39 is 0 Å². The summed E-state index contributed by atoms with van der Waals surface area (Å²) in [6.07, 6.45) is 4.19. The van der Waals surface area contributed by atoms with Crippen molar-refractivity contribution in [2.75, 3.05) is 26.7 Å². The van der Waals surface area contributed by atoms with Crippen LogP contribution in [-0.2, 0) is 0 Å². The van der Waals surface area contributed by atoms with E-state index in [1.54, 1.807) is 0 Å². The highest BCUT2D eigenvalue weighted by atomic mass is 15.3. The number of guanidine groups is 1. The van der Waals surface area contributed by atoms with Crippen molar-refractivity contribution < 1.29 is 0 Å². The number of hydrogen-bond donors (Lipinski definition) is 1. The lowest BCUT2D eigenvalue weighted by molar-refractivity contribution is 0.426. The Kier molecular flexibility index (Phi) is 2.81. The maximum absolute atomic E-state index is 8.71. The van der Waals surface area contributed by atoms with Gasteiger partial charge in [-0.05, 0) is 19.3 Å². The van der Waals surface area contributed by atoms with Gasteiger partial charge in [0.2, 0.25) is 0 Å². The molecule has 1 aliphatic heterocycles. The molecular weight excluding hydrogens is 188 g/mol. The molecule has 0 atom stereocenters. The van der Waals surface area contributed by atoms with Gasteiger partial charge in [-0.1, -0.05) is 0 Å². The normalized spacial score (nSPS) is 22.9. The minimum Gasteiger partial charge on any atom is -0.356 e. The smallest absolute Gasteiger partial charge is 0.193 e. The van der Waals surface area contributed by atoms with E-state index in [2.05, 4.69) is 28.3 Å². The Balaban J connectivity index is 1.83. The number of hydrogen-bond acceptors (Lipinski definition) is 4. The third-order valence-electron chi connectivity index (χ3n) is 3.31. The molecule has 1 N–H and O–H groups in total. The molecule has 1 saturated carbocycles. The van der Waals surface area contributed by atoms with E-state index in [-0.39, 0.29) is 5.41 Å². The topological polar surface area (TPSA) is 51.4 Å². The maximum Gasteiger partial charge on any atom is 0.193 e. The van der Waals surface area contributed by atoms with Crippen LogP contribution in [0.2, 0.25) is 0 Å². The molecule has 0 radical (unpaired) electrons. The fourth-order valence-corrected chi connectivity index (χ4v) is 1.94. The van der Waals surface area contributed by atoms with Crippen molar-refractivity contribution in [1.29, 1.82) is 5.26 Å². The molecule has 15 heavy (non-hydrogen) atoms. The van der Waals surface area contributed by atoms with Gasteiger partial charge in [-0.3, -0.25) is 4.99 Å². The van der Waals surface area contributed by atoms with Crippen LogP contribution in [0.3, 0.4) is 0 Å². The maximum atomic E-state index is 8.71. The highest BCUT2D eigenvalue weighted by Crippen LogP contribution is 2.47. The predicted molar refractivity (Wildman–Crippen MR) is 59.4 cm³/mol. The first-order valence-corrected chi connectivity index (χ1v) is 5.62. The number of nitrogens with one attached hydrogen (secondary N) is 1. The number of nitrogens with zero attached hydrogens (tertiary/aromatic N) is 3. The van der Waals surface area contributed by atoms with E-state index in [1.807, 2.05) is 0 Å². The Bertz CT molecular complexity index is 298. The summed E-state index contributed by atoms with van der Waals surface area (Å²) in [5.74, 6) is 1.01. The van der Waals surface area contributed by atoms with E-state index in [1.165, 1.54) is 12.8 Å². The second kappa shape index (κ2) is 4.09. The molecule has 2 aliphatic rings. The van der Waals surface area contributed by atoms with Crippen LogP contribution in [0.25, 0.3) is 0 Å². The minimum atomic E-state index is 0.259. The SMILES string of the molecule is CN1CCCN=C1NCC1(CC#N)CC1. The van der Waals surface area contributed by atoms with E-state index in [0.717, 1.165) is 32.0 Å². The molecule has 1 heterocycles. The van der Waals surface area contributed by atoms with Crippen LogP contribution in [0.15, 0.2) is 4.99 Å². The first kappa shape index (κ1) is 10.3. The molecule has 1 aliphatic carbocycles. The summed E-state index contributed by atoms with van der Waals surface area (Å²) in [5.41, 5.74) is 0.259. The fraction of sp³-hybridized carbons (Fsp3) is 0.818. The van der Waals surface area contributed by atoms with Crippen LogP contribution < -0.4 is 5.32 Å². The van der Waals surface area contributed by atoms with E-state index in [0.29, 0.717) is 6.42 Å². The van der Waals surface area contributed by atoms with Crippen molar-refractivity contribution in [3.8, 4) is 6.07 Å². The van der Waals surface area contributed by atoms with Gasteiger partial charge >= 0.3 is 0 Å². The molecule has 0 unspecified atom stereocenters. The number of aliphatic imine (C=N–C) groups is 1. The summed E-state index contributed by atoms with van der Waals surface area (Å²) in [4.78, 5) is 6.61. The lowest BCUT2D eigenvalue weighted by Gasteiger charge is -2.27. The summed E-state index contributed by atoms with van der Waals surface area (Å²) >= 11 is 0. The zero-order valence-electron chi connectivity index (χ0n) is 9.29. The molecule has 0 aromatic carbocycles. The molecule has 0 aromatic rings. The van der Waals surface area contributed by atoms with Crippen molar-refractivity contribution in [2.24, 2.45) is 10.4 Å². The first-order valence-electron chi connectivity index (χ1n) is 5.62. The van der Waals surface area contributed by atoms with Crippen molar-refractivity contribution >= 4 is 5.96 Å². The Morgan fingerprint density at radius 2 is 2.40 bits per heavy atom. The summed E-state index contributed by atoms with van der Waals surface area (Å²) in [7, 11) is 2.06. The standard InChI is InChI=1S/C11H18N4/c1-15-8-2-7-13-10(15)14-9-11(3-4-11)5-6-12/h2-5,7-9H2,1H3,(H,13,14). The van der Waals surface area contributed by atoms with Crippen LogP contribution in [0, 0.1) is 16.7 Å². The van der Waals surface area contributed by atoms with Gasteiger partial charge in [0.25, 0.3) is 0 Å². The Morgan fingerprint density at radius 1 is 1.60 bits per heavy atom. The zero-order valence-corrected chi connectivity index (χ0v) is 9.29. The lowest BCUT2D eigenvalue weighted by atomic mass is 10.0. The van der Waals surface area contributed by atoms with E-state index in [4.69, 9.17) is 5.26 Å². The minimum absolute atomic E-state index is 0.259. The first-order chi connectivity index (χ1) is 7.26. The van der Waals surface area contributed by atoms with Gasteiger partial charge < -0.3 is 10.2 Å². The molecular formula is C11H18N4. The second-order valence-electron chi connectivity index (χ2n) is 4.67. The zero-order chi connectivity index (χ0) is 10.7. The largest absolute Gasteiger partial charge is 0.356 e. The van der Waals surface area contributed by atoms with Gasteiger partial charge in [0.1, 0.15) is 0 Å². The van der Waals surface area contributed by atoms with Gasteiger partial charge in [0, 0.05) is 38.5 Å². The third-order valence-corrected chi connectivity index (χ3v) is 3.31. The summed E-state index contributed by atoms with van der Waals surface area (Å²) in [6, 6.07) is 2.28. The monoisotopic (exact) mass is 206 g/mol. The summed E-state index contributed by atoms with van der Waals surface area (Å²) in [6.45, 7) is 2.92. The summed E-state index contributed by atoms with van der Waals surface area (Å²) < 4.78 is 0. The molecule has 0 aromatic heterocycles. The highest BCUT2D eigenvalue weighted by molar-refractivity contribution is 5.80. The van der Waals surface area contributed by atoms with Crippen molar-refractivity contribution in [3.05, 3.63) is 0 Å². The second-order valence-corrected chi connectivity index (χ2v) is 4.67. The van der Waals surface area contributed by atoms with Crippen molar-refractivity contribution in [1.82, 2.24) is 10.2 Å². The van der Waals surface area contributed by atoms with Gasteiger partial charge in [0.05, 0.1) is 6.07 Å². The number of rotatable bonds is 3. The highest BCUT2D eigenvalue weighted by Gasteiger charge is 2.42. The van der Waals surface area contributed by atoms with Gasteiger partial charge in [0.15, 0.2) is 5.96 Å². The van der Waals surface area contributed by atoms with Crippen LogP contribution in [0.1, 0.15) is 25.7 Å². The lowest BCUT2D eigenvalue weighted by Crippen LogP contribution is -2.44. The Labute approximate surface area is 91.0 Å². The number of nitriles is 1. The molecule has 0 saturated heterocycles. The molecule has 82 valence electrons. The van der Waals surface area contributed by atoms with Crippen LogP contribution in [0.4, 0.5) is 0 Å². The van der Waals surface area contributed by atoms with E-state index >= 15 is 0 Å². The average molecular weight is 206 g/mol. The molecule has 4 nitrogen and oxygen atoms in total. The summed E-state index contributed by atoms with van der Waals surface area (Å²) in [5, 5.41) is 12.1. The fourth-order valence-electron chi connectivity index (χ4n) is 1.94. The van der Waals surface area contributed by atoms with Gasteiger partial charge in [-0.2, -0.15) is 5.26 Å². The Morgan fingerprint density at radius 3 is 3.00 bits per heavy atom. The van der Waals surface area contributed by atoms with Gasteiger partial charge in [-0.25, -0.2) is 0 Å². The van der Waals surface area contributed by atoms with E-state index in [9.17, 15) is 0 Å². The van der Waals surface area contributed by atoms with Crippen LogP contribution in [-0.4, -0.2) is 37.5 Å². The Hall–Kier alpha value is -1.24. The molecule has 4 heteroatoms. The molecule has 2 rings (SSSR count). The average Bonchev–Trinajstić information content (AvgIpc) is 2.98. The van der Waals surface area contributed by atoms with Crippen molar-refractivity contribution in [2.45, 2.75) is 25.7 Å². The van der Waals surface area contributed by atoms with Crippen LogP contribution >= 0.6 is 0 Å².